The molecular weight excluding hydrogens is 366 g/mol. The molecule has 0 unspecified atom stereocenters. The van der Waals surface area contributed by atoms with Gasteiger partial charge in [0.2, 0.25) is 10.0 Å². The first kappa shape index (κ1) is 17.9. The lowest BCUT2D eigenvalue weighted by Gasteiger charge is -2.19. The molecule has 1 aromatic carbocycles. The van der Waals surface area contributed by atoms with Gasteiger partial charge in [0, 0.05) is 20.6 Å². The maximum atomic E-state index is 13.0. The first-order valence-corrected chi connectivity index (χ1v) is 10.5. The van der Waals surface area contributed by atoms with E-state index in [1.54, 1.807) is 13.8 Å². The Labute approximate surface area is 147 Å². The van der Waals surface area contributed by atoms with Crippen LogP contribution in [0.4, 0.5) is 5.69 Å². The van der Waals surface area contributed by atoms with Gasteiger partial charge in [-0.15, -0.1) is 0 Å². The summed E-state index contributed by atoms with van der Waals surface area (Å²) in [6.07, 6.45) is 0.439. The Balaban J connectivity index is 2.07. The maximum absolute atomic E-state index is 13.0. The number of hydrogen-bond donors (Lipinski definition) is 0. The number of sulfonamides is 2. The zero-order chi connectivity index (χ0) is 18.6. The van der Waals surface area contributed by atoms with Crippen LogP contribution >= 0.6 is 0 Å². The molecule has 1 aromatic heterocycles. The Bertz CT molecular complexity index is 1020. The van der Waals surface area contributed by atoms with Crippen molar-refractivity contribution in [2.24, 2.45) is 0 Å². The van der Waals surface area contributed by atoms with Gasteiger partial charge in [-0.25, -0.2) is 21.1 Å². The van der Waals surface area contributed by atoms with Gasteiger partial charge >= 0.3 is 0 Å². The van der Waals surface area contributed by atoms with Gasteiger partial charge < -0.3 is 4.52 Å². The van der Waals surface area contributed by atoms with Crippen molar-refractivity contribution >= 4 is 25.7 Å². The minimum atomic E-state index is -3.82. The molecule has 0 radical (unpaired) electrons. The molecule has 0 fully saturated rings. The Morgan fingerprint density at radius 2 is 1.84 bits per heavy atom. The maximum Gasteiger partial charge on any atom is 0.269 e. The summed E-state index contributed by atoms with van der Waals surface area (Å²) in [4.78, 5) is 0.207. The van der Waals surface area contributed by atoms with Gasteiger partial charge in [0.15, 0.2) is 10.7 Å². The zero-order valence-electron chi connectivity index (χ0n) is 14.3. The molecule has 0 spiro atoms. The standard InChI is InChI=1S/C15H19N3O5S2/c1-10-15(11(2)23-16-10)25(21,22)18-8-7-12-9-13(5-6-14(12)18)24(19,20)17(3)4/h5-6,9H,7-8H2,1-4H3. The van der Waals surface area contributed by atoms with Crippen molar-refractivity contribution in [1.82, 2.24) is 9.46 Å². The fourth-order valence-corrected chi connectivity index (χ4v) is 5.67. The Morgan fingerprint density at radius 1 is 1.16 bits per heavy atom. The second-order valence-electron chi connectivity index (χ2n) is 6.06. The van der Waals surface area contributed by atoms with Crippen molar-refractivity contribution in [1.29, 1.82) is 0 Å². The average molecular weight is 385 g/mol. The van der Waals surface area contributed by atoms with E-state index in [0.29, 0.717) is 23.4 Å². The van der Waals surface area contributed by atoms with E-state index in [9.17, 15) is 16.8 Å². The Hall–Kier alpha value is -1.91. The molecule has 10 heteroatoms. The summed E-state index contributed by atoms with van der Waals surface area (Å²) in [5.41, 5.74) is 1.47. The topological polar surface area (TPSA) is 101 Å². The van der Waals surface area contributed by atoms with E-state index in [1.807, 2.05) is 0 Å². The normalized spacial score (nSPS) is 15.0. The fourth-order valence-electron chi connectivity index (χ4n) is 2.92. The number of aryl methyl sites for hydroxylation is 2. The minimum absolute atomic E-state index is 0.0605. The molecule has 0 bridgehead atoms. The van der Waals surface area contributed by atoms with Crippen LogP contribution in [0.15, 0.2) is 32.5 Å². The summed E-state index contributed by atoms with van der Waals surface area (Å²) in [5.74, 6) is 0.234. The molecule has 0 saturated carbocycles. The van der Waals surface area contributed by atoms with Crippen LogP contribution in [-0.2, 0) is 26.5 Å². The molecule has 1 aliphatic rings. The summed E-state index contributed by atoms with van der Waals surface area (Å²) < 4.78 is 57.9. The van der Waals surface area contributed by atoms with Gasteiger partial charge in [0.05, 0.1) is 10.6 Å². The molecule has 0 aliphatic carbocycles. The number of hydrogen-bond acceptors (Lipinski definition) is 6. The Morgan fingerprint density at radius 3 is 2.40 bits per heavy atom. The van der Waals surface area contributed by atoms with Crippen LogP contribution < -0.4 is 4.31 Å². The first-order chi connectivity index (χ1) is 11.6. The largest absolute Gasteiger partial charge is 0.360 e. The molecule has 3 rings (SSSR count). The van der Waals surface area contributed by atoms with Crippen molar-refractivity contribution in [3.63, 3.8) is 0 Å². The van der Waals surface area contributed by atoms with E-state index >= 15 is 0 Å². The van der Waals surface area contributed by atoms with E-state index < -0.39 is 20.0 Å². The van der Waals surface area contributed by atoms with Gasteiger partial charge in [0.1, 0.15) is 5.69 Å². The first-order valence-electron chi connectivity index (χ1n) is 7.58. The highest BCUT2D eigenvalue weighted by Crippen LogP contribution is 2.36. The van der Waals surface area contributed by atoms with Crippen LogP contribution in [0, 0.1) is 13.8 Å². The molecule has 8 nitrogen and oxygen atoms in total. The van der Waals surface area contributed by atoms with Crippen molar-refractivity contribution in [3.05, 3.63) is 35.2 Å². The van der Waals surface area contributed by atoms with Gasteiger partial charge in [0.25, 0.3) is 10.0 Å². The van der Waals surface area contributed by atoms with Gasteiger partial charge in [-0.05, 0) is 44.0 Å². The van der Waals surface area contributed by atoms with Crippen LogP contribution in [0.2, 0.25) is 0 Å². The highest BCUT2D eigenvalue weighted by molar-refractivity contribution is 7.93. The average Bonchev–Trinajstić information content (AvgIpc) is 3.10. The second kappa shape index (κ2) is 5.82. The Kier molecular flexibility index (Phi) is 4.17. The lowest BCUT2D eigenvalue weighted by molar-refractivity contribution is 0.390. The van der Waals surface area contributed by atoms with E-state index in [2.05, 4.69) is 5.16 Å². The summed E-state index contributed by atoms with van der Waals surface area (Å²) in [6, 6.07) is 4.50. The predicted octanol–water partition coefficient (Wildman–Crippen LogP) is 1.29. The number of nitrogens with zero attached hydrogens (tertiary/aromatic N) is 3. The van der Waals surface area contributed by atoms with E-state index in [1.165, 1.54) is 36.6 Å². The van der Waals surface area contributed by atoms with Crippen LogP contribution in [0.5, 0.6) is 0 Å². The SMILES string of the molecule is Cc1noc(C)c1S(=O)(=O)N1CCc2cc(S(=O)(=O)N(C)C)ccc21. The fraction of sp³-hybridized carbons (Fsp3) is 0.400. The molecule has 0 N–H and O–H groups in total. The van der Waals surface area contributed by atoms with Crippen LogP contribution in [0.3, 0.4) is 0 Å². The number of fused-ring (bicyclic) bond motifs is 1. The van der Waals surface area contributed by atoms with Gasteiger partial charge in [-0.2, -0.15) is 0 Å². The van der Waals surface area contributed by atoms with Crippen LogP contribution in [0.25, 0.3) is 0 Å². The van der Waals surface area contributed by atoms with Gasteiger partial charge in [-0.3, -0.25) is 4.31 Å². The summed E-state index contributed by atoms with van der Waals surface area (Å²) in [7, 11) is -4.47. The smallest absolute Gasteiger partial charge is 0.269 e. The molecule has 0 atom stereocenters. The highest BCUT2D eigenvalue weighted by Gasteiger charge is 2.35. The number of anilines is 1. The number of aromatic nitrogens is 1. The molecule has 136 valence electrons. The zero-order valence-corrected chi connectivity index (χ0v) is 16.0. The molecule has 2 aromatic rings. The van der Waals surface area contributed by atoms with Crippen molar-refractivity contribution < 1.29 is 21.4 Å². The molecule has 25 heavy (non-hydrogen) atoms. The molecular formula is C15H19N3O5S2. The van der Waals surface area contributed by atoms with Crippen molar-refractivity contribution in [3.8, 4) is 0 Å². The number of benzene rings is 1. The predicted molar refractivity (Wildman–Crippen MR) is 91.5 cm³/mol. The lowest BCUT2D eigenvalue weighted by atomic mass is 10.2. The quantitative estimate of drug-likeness (QED) is 0.786. The highest BCUT2D eigenvalue weighted by atomic mass is 32.2. The second-order valence-corrected chi connectivity index (χ2v) is 10.0. The third kappa shape index (κ3) is 2.74. The van der Waals surface area contributed by atoms with Crippen LogP contribution in [0.1, 0.15) is 17.0 Å². The number of rotatable bonds is 4. The third-order valence-electron chi connectivity index (χ3n) is 4.20. The van der Waals surface area contributed by atoms with Gasteiger partial charge in [-0.1, -0.05) is 5.16 Å². The molecule has 0 amide bonds. The molecule has 0 saturated heterocycles. The van der Waals surface area contributed by atoms with Crippen LogP contribution in [-0.4, -0.2) is 46.9 Å². The van der Waals surface area contributed by atoms with E-state index in [0.717, 1.165) is 4.31 Å². The van der Waals surface area contributed by atoms with E-state index in [-0.39, 0.29) is 22.1 Å². The lowest BCUT2D eigenvalue weighted by Crippen LogP contribution is -2.29. The summed E-state index contributed by atoms with van der Waals surface area (Å²) in [6.45, 7) is 3.37. The minimum Gasteiger partial charge on any atom is -0.360 e. The van der Waals surface area contributed by atoms with E-state index in [4.69, 9.17) is 4.52 Å². The van der Waals surface area contributed by atoms with Crippen molar-refractivity contribution in [2.45, 2.75) is 30.1 Å². The summed E-state index contributed by atoms with van der Waals surface area (Å²) >= 11 is 0. The third-order valence-corrected chi connectivity index (χ3v) is 8.07. The molecule has 2 heterocycles. The summed E-state index contributed by atoms with van der Waals surface area (Å²) in [5, 5.41) is 3.71. The van der Waals surface area contributed by atoms with Crippen molar-refractivity contribution in [2.75, 3.05) is 24.9 Å². The molecule has 1 aliphatic heterocycles. The monoisotopic (exact) mass is 385 g/mol.